The summed E-state index contributed by atoms with van der Waals surface area (Å²) in [6.07, 6.45) is 1.52. The van der Waals surface area contributed by atoms with E-state index in [-0.39, 0.29) is 22.7 Å². The quantitative estimate of drug-likeness (QED) is 0.249. The summed E-state index contributed by atoms with van der Waals surface area (Å²) in [5.74, 6) is -0.547. The van der Waals surface area contributed by atoms with E-state index < -0.39 is 21.8 Å². The van der Waals surface area contributed by atoms with E-state index in [9.17, 15) is 18.0 Å². The van der Waals surface area contributed by atoms with Crippen molar-refractivity contribution in [1.29, 1.82) is 0 Å². The number of rotatable bonds is 7. The zero-order valence-electron chi connectivity index (χ0n) is 19.7. The molecular formula is C26H23BrN2O6S. The fraction of sp³-hybridized carbons (Fsp3) is 0.154. The Morgan fingerprint density at radius 1 is 1.06 bits per heavy atom. The molecule has 0 unspecified atom stereocenters. The third kappa shape index (κ3) is 5.20. The number of allylic oxidation sites excluding steroid dienone is 2. The van der Waals surface area contributed by atoms with Gasteiger partial charge in [-0.3, -0.25) is 4.79 Å². The SMILES string of the molecule is COC(=O)C1=C(C)N(c2ccc(Br)cc2)/C(=C/c2ccc(CNS(=O)(=O)c3ccc(C)cc3)o2)C1=O. The molecule has 1 aliphatic heterocycles. The van der Waals surface area contributed by atoms with Crippen LogP contribution in [0.4, 0.5) is 5.69 Å². The van der Waals surface area contributed by atoms with E-state index in [1.807, 2.05) is 31.2 Å². The summed E-state index contributed by atoms with van der Waals surface area (Å²) < 4.78 is 39.1. The monoisotopic (exact) mass is 570 g/mol. The van der Waals surface area contributed by atoms with Crippen LogP contribution in [0.3, 0.4) is 0 Å². The number of methoxy groups -OCH3 is 1. The number of nitrogens with one attached hydrogen (secondary N) is 1. The second-order valence-corrected chi connectivity index (χ2v) is 10.7. The lowest BCUT2D eigenvalue weighted by Crippen LogP contribution is -2.22. The normalized spacial score (nSPS) is 15.2. The minimum absolute atomic E-state index is 0.0655. The lowest BCUT2D eigenvalue weighted by Gasteiger charge is -2.21. The second-order valence-electron chi connectivity index (χ2n) is 8.06. The molecule has 0 saturated heterocycles. The smallest absolute Gasteiger partial charge is 0.343 e. The Labute approximate surface area is 217 Å². The molecule has 8 nitrogen and oxygen atoms in total. The molecule has 2 heterocycles. The molecule has 3 aromatic rings. The first-order valence-corrected chi connectivity index (χ1v) is 13.1. The van der Waals surface area contributed by atoms with E-state index in [0.717, 1.165) is 10.0 Å². The van der Waals surface area contributed by atoms with Gasteiger partial charge in [-0.05, 0) is 62.4 Å². The predicted octanol–water partition coefficient (Wildman–Crippen LogP) is 4.71. The molecule has 0 saturated carbocycles. The first-order valence-electron chi connectivity index (χ1n) is 10.9. The number of benzene rings is 2. The van der Waals surface area contributed by atoms with Gasteiger partial charge in [-0.25, -0.2) is 17.9 Å². The van der Waals surface area contributed by atoms with E-state index in [0.29, 0.717) is 22.9 Å². The number of furan rings is 1. The summed E-state index contributed by atoms with van der Waals surface area (Å²) >= 11 is 3.40. The van der Waals surface area contributed by atoms with Crippen LogP contribution in [0.15, 0.2) is 91.4 Å². The van der Waals surface area contributed by atoms with Crippen molar-refractivity contribution < 1.29 is 27.2 Å². The van der Waals surface area contributed by atoms with Crippen LogP contribution in [0.1, 0.15) is 24.0 Å². The number of halogens is 1. The van der Waals surface area contributed by atoms with E-state index in [4.69, 9.17) is 9.15 Å². The Kier molecular flexibility index (Phi) is 7.30. The highest BCUT2D eigenvalue weighted by molar-refractivity contribution is 9.10. The minimum atomic E-state index is -3.72. The van der Waals surface area contributed by atoms with E-state index in [2.05, 4.69) is 20.7 Å². The number of ketones is 1. The van der Waals surface area contributed by atoms with Gasteiger partial charge in [0.15, 0.2) is 0 Å². The summed E-state index contributed by atoms with van der Waals surface area (Å²) in [4.78, 5) is 27.3. The number of hydrogen-bond acceptors (Lipinski definition) is 7. The average molecular weight is 571 g/mol. The van der Waals surface area contributed by atoms with Crippen molar-refractivity contribution >= 4 is 49.5 Å². The molecule has 10 heteroatoms. The van der Waals surface area contributed by atoms with Crippen LogP contribution >= 0.6 is 15.9 Å². The van der Waals surface area contributed by atoms with Crippen LogP contribution in [0.25, 0.3) is 6.08 Å². The molecule has 0 aliphatic carbocycles. The molecule has 0 radical (unpaired) electrons. The fourth-order valence-corrected chi connectivity index (χ4v) is 5.01. The predicted molar refractivity (Wildman–Crippen MR) is 138 cm³/mol. The summed E-state index contributed by atoms with van der Waals surface area (Å²) in [5.41, 5.74) is 2.20. The van der Waals surface area contributed by atoms with Gasteiger partial charge in [-0.2, -0.15) is 0 Å². The minimum Gasteiger partial charge on any atom is -0.465 e. The first kappa shape index (κ1) is 25.6. The number of anilines is 1. The van der Waals surface area contributed by atoms with Gasteiger partial charge in [0.25, 0.3) is 0 Å². The van der Waals surface area contributed by atoms with Crippen molar-refractivity contribution in [3.63, 3.8) is 0 Å². The lowest BCUT2D eigenvalue weighted by atomic mass is 10.1. The van der Waals surface area contributed by atoms with Gasteiger partial charge in [0.1, 0.15) is 17.1 Å². The standard InChI is InChI=1S/C26H23BrN2O6S/c1-16-4-12-22(13-5-16)36(32,33)28-15-21-11-10-20(35-21)14-23-25(30)24(26(31)34-3)17(2)29(23)19-8-6-18(27)7-9-19/h4-14,28H,15H2,1-3H3/b23-14+. The largest absolute Gasteiger partial charge is 0.465 e. The molecule has 0 fully saturated rings. The van der Waals surface area contributed by atoms with Crippen LogP contribution in [0.2, 0.25) is 0 Å². The van der Waals surface area contributed by atoms with Crippen LogP contribution in [0, 0.1) is 6.92 Å². The van der Waals surface area contributed by atoms with Crippen molar-refractivity contribution in [2.75, 3.05) is 12.0 Å². The van der Waals surface area contributed by atoms with Crippen LogP contribution in [-0.4, -0.2) is 27.3 Å². The highest BCUT2D eigenvalue weighted by Gasteiger charge is 2.38. The van der Waals surface area contributed by atoms with Gasteiger partial charge in [0.2, 0.25) is 15.8 Å². The number of Topliss-reactive ketones (excluding diaryl/α,β-unsaturated/α-hetero) is 1. The third-order valence-corrected chi connectivity index (χ3v) is 7.55. The maximum absolute atomic E-state index is 13.2. The van der Waals surface area contributed by atoms with Crippen molar-refractivity contribution in [2.24, 2.45) is 0 Å². The van der Waals surface area contributed by atoms with Gasteiger partial charge in [0, 0.05) is 21.9 Å². The van der Waals surface area contributed by atoms with E-state index in [1.165, 1.54) is 25.3 Å². The highest BCUT2D eigenvalue weighted by Crippen LogP contribution is 2.36. The Bertz CT molecular complexity index is 1490. The number of aryl methyl sites for hydroxylation is 1. The molecule has 1 N–H and O–H groups in total. The zero-order chi connectivity index (χ0) is 26.0. The second kappa shape index (κ2) is 10.3. The van der Waals surface area contributed by atoms with Gasteiger partial charge in [-0.15, -0.1) is 0 Å². The van der Waals surface area contributed by atoms with Crippen LogP contribution < -0.4 is 9.62 Å². The maximum atomic E-state index is 13.2. The van der Waals surface area contributed by atoms with Crippen molar-refractivity contribution in [3.05, 3.63) is 99.2 Å². The number of carbonyl (C=O) groups excluding carboxylic acids is 2. The summed E-state index contributed by atoms with van der Waals surface area (Å²) in [6.45, 7) is 3.47. The number of hydrogen-bond donors (Lipinski definition) is 1. The highest BCUT2D eigenvalue weighted by atomic mass is 79.9. The van der Waals surface area contributed by atoms with Gasteiger partial charge < -0.3 is 14.1 Å². The first-order chi connectivity index (χ1) is 17.1. The summed E-state index contributed by atoms with van der Waals surface area (Å²) in [5, 5.41) is 0. The summed E-state index contributed by atoms with van der Waals surface area (Å²) in [6, 6.07) is 17.0. The van der Waals surface area contributed by atoms with Gasteiger partial charge in [-0.1, -0.05) is 33.6 Å². The maximum Gasteiger partial charge on any atom is 0.343 e. The van der Waals surface area contributed by atoms with Crippen LogP contribution in [-0.2, 0) is 30.9 Å². The molecule has 2 aromatic carbocycles. The Balaban J connectivity index is 1.61. The van der Waals surface area contributed by atoms with Gasteiger partial charge >= 0.3 is 5.97 Å². The number of nitrogens with zero attached hydrogens (tertiary/aromatic N) is 1. The molecule has 0 bridgehead atoms. The van der Waals surface area contributed by atoms with E-state index >= 15 is 0 Å². The molecule has 1 aromatic heterocycles. The fourth-order valence-electron chi connectivity index (χ4n) is 3.75. The molecule has 0 spiro atoms. The number of sulfonamides is 1. The molecule has 0 atom stereocenters. The average Bonchev–Trinajstić information content (AvgIpc) is 3.40. The number of carbonyl (C=O) groups is 2. The molecule has 4 rings (SSSR count). The molecule has 1 aliphatic rings. The van der Waals surface area contributed by atoms with Gasteiger partial charge in [0.05, 0.1) is 24.2 Å². The Morgan fingerprint density at radius 3 is 2.36 bits per heavy atom. The topological polar surface area (TPSA) is 106 Å². The zero-order valence-corrected chi connectivity index (χ0v) is 22.1. The Morgan fingerprint density at radius 2 is 1.72 bits per heavy atom. The molecular weight excluding hydrogens is 548 g/mol. The molecule has 0 amide bonds. The van der Waals surface area contributed by atoms with Crippen molar-refractivity contribution in [2.45, 2.75) is 25.3 Å². The van der Waals surface area contributed by atoms with Crippen molar-refractivity contribution in [3.8, 4) is 0 Å². The number of ether oxygens (including phenoxy) is 1. The third-order valence-electron chi connectivity index (χ3n) is 5.60. The van der Waals surface area contributed by atoms with E-state index in [1.54, 1.807) is 36.1 Å². The molecule has 36 heavy (non-hydrogen) atoms. The van der Waals surface area contributed by atoms with Crippen LogP contribution in [0.5, 0.6) is 0 Å². The number of esters is 1. The summed E-state index contributed by atoms with van der Waals surface area (Å²) in [7, 11) is -2.50. The van der Waals surface area contributed by atoms with Crippen molar-refractivity contribution in [1.82, 2.24) is 4.72 Å². The Hall–Kier alpha value is -3.47. The lowest BCUT2D eigenvalue weighted by molar-refractivity contribution is -0.137. The molecule has 186 valence electrons.